The molecule has 0 spiro atoms. The zero-order valence-corrected chi connectivity index (χ0v) is 10.4. The molecule has 0 unspecified atom stereocenters. The second-order valence-corrected chi connectivity index (χ2v) is 4.16. The average molecular weight is 248 g/mol. The van der Waals surface area contributed by atoms with E-state index in [4.69, 9.17) is 10.1 Å². The molecule has 0 fully saturated rings. The number of carbonyl (C=O) groups excluding carboxylic acids is 1. The SMILES string of the molecule is C=O.CC(C)c1cccc(OO)c1C(C)C.[NaH]. The van der Waals surface area contributed by atoms with Gasteiger partial charge in [0.2, 0.25) is 0 Å². The van der Waals surface area contributed by atoms with E-state index in [1.165, 1.54) is 5.56 Å². The van der Waals surface area contributed by atoms with Gasteiger partial charge in [-0.15, -0.1) is 0 Å². The average Bonchev–Trinajstić information content (AvgIpc) is 2.30. The van der Waals surface area contributed by atoms with Crippen LogP contribution in [0.4, 0.5) is 0 Å². The van der Waals surface area contributed by atoms with Crippen molar-refractivity contribution in [3.05, 3.63) is 29.3 Å². The van der Waals surface area contributed by atoms with Crippen molar-refractivity contribution < 1.29 is 14.9 Å². The zero-order chi connectivity index (χ0) is 12.7. The summed E-state index contributed by atoms with van der Waals surface area (Å²) in [4.78, 5) is 12.4. The summed E-state index contributed by atoms with van der Waals surface area (Å²) >= 11 is 0. The molecule has 92 valence electrons. The Hall–Kier alpha value is -0.350. The Bertz CT molecular complexity index is 324. The van der Waals surface area contributed by atoms with Gasteiger partial charge in [0.05, 0.1) is 0 Å². The molecule has 0 saturated heterocycles. The van der Waals surface area contributed by atoms with Gasteiger partial charge in [0.25, 0.3) is 0 Å². The first-order valence-corrected chi connectivity index (χ1v) is 5.31. The molecule has 0 saturated carbocycles. The maximum absolute atomic E-state index is 8.77. The van der Waals surface area contributed by atoms with Crippen LogP contribution in [0.2, 0.25) is 0 Å². The molecule has 0 aliphatic heterocycles. The molecule has 0 heterocycles. The van der Waals surface area contributed by atoms with E-state index in [-0.39, 0.29) is 29.6 Å². The molecule has 1 N–H and O–H groups in total. The third kappa shape index (κ3) is 5.21. The van der Waals surface area contributed by atoms with Gasteiger partial charge in [-0.1, -0.05) is 39.8 Å². The molecule has 0 bridgehead atoms. The summed E-state index contributed by atoms with van der Waals surface area (Å²) in [5, 5.41) is 8.77. The molecule has 1 rings (SSSR count). The van der Waals surface area contributed by atoms with Crippen molar-refractivity contribution in [3.63, 3.8) is 0 Å². The monoisotopic (exact) mass is 248 g/mol. The van der Waals surface area contributed by atoms with Crippen LogP contribution in [0.25, 0.3) is 0 Å². The molecule has 0 amide bonds. The van der Waals surface area contributed by atoms with E-state index in [9.17, 15) is 0 Å². The zero-order valence-electron chi connectivity index (χ0n) is 10.4. The molecule has 0 radical (unpaired) electrons. The van der Waals surface area contributed by atoms with Crippen LogP contribution < -0.4 is 4.89 Å². The van der Waals surface area contributed by atoms with Gasteiger partial charge in [-0.05, 0) is 23.5 Å². The maximum atomic E-state index is 8.77. The van der Waals surface area contributed by atoms with Gasteiger partial charge in [0.15, 0.2) is 5.75 Å². The molecule has 1 aromatic rings. The predicted molar refractivity (Wildman–Crippen MR) is 72.1 cm³/mol. The van der Waals surface area contributed by atoms with Crippen LogP contribution in [0, 0.1) is 0 Å². The predicted octanol–water partition coefficient (Wildman–Crippen LogP) is 2.95. The second-order valence-electron chi connectivity index (χ2n) is 4.16. The molecule has 1 aromatic carbocycles. The van der Waals surface area contributed by atoms with Crippen molar-refractivity contribution in [2.24, 2.45) is 0 Å². The third-order valence-electron chi connectivity index (χ3n) is 2.40. The van der Waals surface area contributed by atoms with Gasteiger partial charge in [0.1, 0.15) is 6.79 Å². The van der Waals surface area contributed by atoms with Crippen molar-refractivity contribution >= 4 is 36.3 Å². The first kappa shape index (κ1) is 19.0. The molecule has 17 heavy (non-hydrogen) atoms. The van der Waals surface area contributed by atoms with Crippen LogP contribution in [-0.2, 0) is 4.79 Å². The minimum absolute atomic E-state index is 0. The van der Waals surface area contributed by atoms with Crippen molar-refractivity contribution in [1.29, 1.82) is 0 Å². The fourth-order valence-corrected chi connectivity index (χ4v) is 1.76. The van der Waals surface area contributed by atoms with Crippen molar-refractivity contribution in [1.82, 2.24) is 0 Å². The Balaban J connectivity index is 0. The molecule has 0 aromatic heterocycles. The Kier molecular flexibility index (Phi) is 10.8. The van der Waals surface area contributed by atoms with Gasteiger partial charge in [-0.3, -0.25) is 0 Å². The summed E-state index contributed by atoms with van der Waals surface area (Å²) in [6.45, 7) is 10.5. The van der Waals surface area contributed by atoms with Crippen LogP contribution in [0.1, 0.15) is 50.7 Å². The first-order valence-electron chi connectivity index (χ1n) is 5.31. The van der Waals surface area contributed by atoms with Gasteiger partial charge < -0.3 is 9.68 Å². The normalized spacial score (nSPS) is 9.35. The van der Waals surface area contributed by atoms with Gasteiger partial charge in [-0.25, -0.2) is 5.26 Å². The molecule has 0 aliphatic carbocycles. The topological polar surface area (TPSA) is 46.5 Å². The van der Waals surface area contributed by atoms with Crippen LogP contribution in [0.3, 0.4) is 0 Å². The number of hydrogen-bond acceptors (Lipinski definition) is 3. The van der Waals surface area contributed by atoms with Crippen molar-refractivity contribution in [3.8, 4) is 5.75 Å². The fourth-order valence-electron chi connectivity index (χ4n) is 1.76. The first-order chi connectivity index (χ1) is 7.57. The molecule has 3 nitrogen and oxygen atoms in total. The van der Waals surface area contributed by atoms with E-state index in [0.29, 0.717) is 17.6 Å². The van der Waals surface area contributed by atoms with E-state index in [2.05, 4.69) is 38.6 Å². The standard InChI is InChI=1S/C12H18O2.CH2O.Na.H/c1-8(2)10-6-5-7-11(14-13)12(10)9(3)4;1-2;;/h5-9,13H,1-4H3;1H2;;. The summed E-state index contributed by atoms with van der Waals surface area (Å²) < 4.78 is 0. The Morgan fingerprint density at radius 1 is 1.12 bits per heavy atom. The second kappa shape index (κ2) is 9.66. The van der Waals surface area contributed by atoms with E-state index >= 15 is 0 Å². The Morgan fingerprint density at radius 3 is 2.00 bits per heavy atom. The number of rotatable bonds is 3. The summed E-state index contributed by atoms with van der Waals surface area (Å²) in [7, 11) is 0. The van der Waals surface area contributed by atoms with Crippen LogP contribution in [0.5, 0.6) is 5.75 Å². The van der Waals surface area contributed by atoms with E-state index in [1.54, 1.807) is 6.07 Å². The summed E-state index contributed by atoms with van der Waals surface area (Å²) in [5.41, 5.74) is 2.34. The van der Waals surface area contributed by atoms with Crippen LogP contribution in [0.15, 0.2) is 18.2 Å². The summed E-state index contributed by atoms with van der Waals surface area (Å²) in [6, 6.07) is 5.79. The van der Waals surface area contributed by atoms with Gasteiger partial charge in [-0.2, -0.15) is 0 Å². The number of carbonyl (C=O) groups is 1. The van der Waals surface area contributed by atoms with Crippen LogP contribution >= 0.6 is 0 Å². The number of benzene rings is 1. The molecular weight excluding hydrogens is 227 g/mol. The minimum atomic E-state index is 0. The van der Waals surface area contributed by atoms with E-state index in [1.807, 2.05) is 12.9 Å². The molecule has 0 aliphatic rings. The van der Waals surface area contributed by atoms with Crippen LogP contribution in [-0.4, -0.2) is 41.6 Å². The molecule has 4 heteroatoms. The molecule has 0 atom stereocenters. The van der Waals surface area contributed by atoms with Gasteiger partial charge in [0, 0.05) is 5.56 Å². The van der Waals surface area contributed by atoms with Gasteiger partial charge >= 0.3 is 29.6 Å². The van der Waals surface area contributed by atoms with E-state index < -0.39 is 0 Å². The van der Waals surface area contributed by atoms with Crippen molar-refractivity contribution in [2.75, 3.05) is 0 Å². The Morgan fingerprint density at radius 2 is 1.65 bits per heavy atom. The number of hydrogen-bond donors (Lipinski definition) is 1. The quantitative estimate of drug-likeness (QED) is 0.508. The fraction of sp³-hybridized carbons (Fsp3) is 0.462. The Labute approximate surface area is 125 Å². The summed E-state index contributed by atoms with van der Waals surface area (Å²) in [5.74, 6) is 1.38. The van der Waals surface area contributed by atoms with Crippen molar-refractivity contribution in [2.45, 2.75) is 39.5 Å². The summed E-state index contributed by atoms with van der Waals surface area (Å²) in [6.07, 6.45) is 0. The van der Waals surface area contributed by atoms with E-state index in [0.717, 1.165) is 5.56 Å². The third-order valence-corrected chi connectivity index (χ3v) is 2.40. The molecular formula is C13H21NaO3.